The van der Waals surface area contributed by atoms with E-state index in [9.17, 15) is 4.79 Å². The lowest BCUT2D eigenvalue weighted by atomic mass is 10.3. The molecule has 0 bridgehead atoms. The minimum atomic E-state index is -0.169. The number of carbonyl (C=O) groups excluding carboxylic acids is 1. The van der Waals surface area contributed by atoms with Crippen LogP contribution in [0.2, 0.25) is 0 Å². The molecular formula is C20H20N8OS. The standard InChI is InChI=1S/C20H20N8OS/c1-28-16(13-15(27-28)17-3-2-12-30-17)20(29)23-11-10-22-18-4-5-19(26-25-18)24-14-6-8-21-9-7-14/h2-9,12-13H,10-11H2,1H3,(H,22,25)(H,23,29)(H,21,24,26). The van der Waals surface area contributed by atoms with Gasteiger partial charge in [0, 0.05) is 38.2 Å². The van der Waals surface area contributed by atoms with E-state index in [0.717, 1.165) is 16.3 Å². The highest BCUT2D eigenvalue weighted by molar-refractivity contribution is 7.13. The van der Waals surface area contributed by atoms with Crippen molar-refractivity contribution in [3.63, 3.8) is 0 Å². The lowest BCUT2D eigenvalue weighted by Crippen LogP contribution is -2.30. The van der Waals surface area contributed by atoms with E-state index in [2.05, 4.69) is 36.2 Å². The molecule has 0 atom stereocenters. The van der Waals surface area contributed by atoms with E-state index in [0.29, 0.717) is 30.4 Å². The Bertz CT molecular complexity index is 1090. The maximum absolute atomic E-state index is 12.4. The first-order valence-corrected chi connectivity index (χ1v) is 10.2. The van der Waals surface area contributed by atoms with Crippen molar-refractivity contribution in [2.75, 3.05) is 23.7 Å². The van der Waals surface area contributed by atoms with Crippen molar-refractivity contribution in [2.45, 2.75) is 0 Å². The normalized spacial score (nSPS) is 10.6. The van der Waals surface area contributed by atoms with Crippen LogP contribution in [-0.2, 0) is 7.05 Å². The van der Waals surface area contributed by atoms with Gasteiger partial charge in [-0.05, 0) is 41.8 Å². The van der Waals surface area contributed by atoms with Crippen molar-refractivity contribution in [3.05, 3.63) is 65.9 Å². The van der Waals surface area contributed by atoms with Gasteiger partial charge in [0.25, 0.3) is 5.91 Å². The first kappa shape index (κ1) is 19.5. The SMILES string of the molecule is Cn1nc(-c2cccs2)cc1C(=O)NCCNc1ccc(Nc2ccncc2)nn1. The highest BCUT2D eigenvalue weighted by Gasteiger charge is 2.14. The number of anilines is 3. The zero-order valence-corrected chi connectivity index (χ0v) is 17.1. The Morgan fingerprint density at radius 3 is 2.60 bits per heavy atom. The molecule has 4 heterocycles. The molecular weight excluding hydrogens is 400 g/mol. The molecule has 3 N–H and O–H groups in total. The van der Waals surface area contributed by atoms with Gasteiger partial charge in [-0.15, -0.1) is 21.5 Å². The highest BCUT2D eigenvalue weighted by Crippen LogP contribution is 2.23. The van der Waals surface area contributed by atoms with Crippen LogP contribution in [0.15, 0.2) is 60.2 Å². The summed E-state index contributed by atoms with van der Waals surface area (Å²) in [7, 11) is 1.77. The van der Waals surface area contributed by atoms with Gasteiger partial charge in [-0.2, -0.15) is 5.10 Å². The summed E-state index contributed by atoms with van der Waals surface area (Å²) in [5, 5.41) is 23.8. The Morgan fingerprint density at radius 1 is 1.07 bits per heavy atom. The largest absolute Gasteiger partial charge is 0.367 e. The van der Waals surface area contributed by atoms with Crippen LogP contribution < -0.4 is 16.0 Å². The number of amides is 1. The monoisotopic (exact) mass is 420 g/mol. The van der Waals surface area contributed by atoms with Gasteiger partial charge >= 0.3 is 0 Å². The summed E-state index contributed by atoms with van der Waals surface area (Å²) in [5.74, 6) is 1.10. The van der Waals surface area contributed by atoms with Gasteiger partial charge in [0.1, 0.15) is 17.2 Å². The van der Waals surface area contributed by atoms with Crippen LogP contribution in [0, 0.1) is 0 Å². The molecule has 30 heavy (non-hydrogen) atoms. The number of thiophene rings is 1. The second-order valence-electron chi connectivity index (χ2n) is 6.36. The molecule has 0 aliphatic carbocycles. The number of pyridine rings is 1. The molecule has 0 aliphatic rings. The molecule has 4 aromatic rings. The Morgan fingerprint density at radius 2 is 1.87 bits per heavy atom. The number of rotatable bonds is 8. The molecule has 0 fully saturated rings. The fraction of sp³-hybridized carbons (Fsp3) is 0.150. The van der Waals surface area contributed by atoms with Gasteiger partial charge in [-0.1, -0.05) is 6.07 Å². The van der Waals surface area contributed by atoms with Crippen molar-refractivity contribution in [3.8, 4) is 10.6 Å². The van der Waals surface area contributed by atoms with Crippen molar-refractivity contribution in [2.24, 2.45) is 7.05 Å². The van der Waals surface area contributed by atoms with Crippen molar-refractivity contribution in [1.29, 1.82) is 0 Å². The van der Waals surface area contributed by atoms with Gasteiger partial charge in [0.15, 0.2) is 5.82 Å². The Hall–Kier alpha value is -3.79. The first-order chi connectivity index (χ1) is 14.7. The summed E-state index contributed by atoms with van der Waals surface area (Å²) in [6.07, 6.45) is 3.41. The summed E-state index contributed by atoms with van der Waals surface area (Å²) in [4.78, 5) is 17.4. The lowest BCUT2D eigenvalue weighted by Gasteiger charge is -2.08. The van der Waals surface area contributed by atoms with E-state index >= 15 is 0 Å². The smallest absolute Gasteiger partial charge is 0.269 e. The van der Waals surface area contributed by atoms with Gasteiger partial charge in [0.05, 0.1) is 4.88 Å². The molecule has 0 radical (unpaired) electrons. The van der Waals surface area contributed by atoms with Crippen LogP contribution in [0.1, 0.15) is 10.5 Å². The quantitative estimate of drug-likeness (QED) is 0.376. The Labute approximate surface area is 177 Å². The topological polar surface area (TPSA) is 110 Å². The van der Waals surface area contributed by atoms with Gasteiger partial charge < -0.3 is 16.0 Å². The van der Waals surface area contributed by atoms with Crippen LogP contribution in [0.4, 0.5) is 17.3 Å². The summed E-state index contributed by atoms with van der Waals surface area (Å²) in [6.45, 7) is 0.963. The average Bonchev–Trinajstić information content (AvgIpc) is 3.43. The number of aromatic nitrogens is 5. The molecule has 0 unspecified atom stereocenters. The molecule has 0 aliphatic heterocycles. The second-order valence-corrected chi connectivity index (χ2v) is 7.31. The van der Waals surface area contributed by atoms with Crippen LogP contribution in [0.3, 0.4) is 0 Å². The van der Waals surface area contributed by atoms with Crippen molar-refractivity contribution in [1.82, 2.24) is 30.3 Å². The minimum absolute atomic E-state index is 0.169. The third-order valence-corrected chi connectivity index (χ3v) is 5.11. The number of nitrogens with one attached hydrogen (secondary N) is 3. The van der Waals surface area contributed by atoms with Gasteiger partial charge in [0.2, 0.25) is 0 Å². The molecule has 152 valence electrons. The van der Waals surface area contributed by atoms with E-state index in [-0.39, 0.29) is 5.91 Å². The fourth-order valence-corrected chi connectivity index (χ4v) is 3.44. The third kappa shape index (κ3) is 4.78. The van der Waals surface area contributed by atoms with E-state index in [1.54, 1.807) is 41.5 Å². The van der Waals surface area contributed by atoms with Crippen LogP contribution >= 0.6 is 11.3 Å². The van der Waals surface area contributed by atoms with E-state index in [4.69, 9.17) is 0 Å². The molecule has 4 aromatic heterocycles. The number of carbonyl (C=O) groups is 1. The second kappa shape index (κ2) is 9.14. The molecule has 0 saturated heterocycles. The van der Waals surface area contributed by atoms with Crippen LogP contribution in [-0.4, -0.2) is 44.0 Å². The molecule has 4 rings (SSSR count). The zero-order valence-electron chi connectivity index (χ0n) is 16.2. The van der Waals surface area contributed by atoms with Crippen LogP contribution in [0.25, 0.3) is 10.6 Å². The molecule has 1 amide bonds. The van der Waals surface area contributed by atoms with E-state index < -0.39 is 0 Å². The first-order valence-electron chi connectivity index (χ1n) is 9.30. The molecule has 0 aromatic carbocycles. The zero-order chi connectivity index (χ0) is 20.8. The number of nitrogens with zero attached hydrogens (tertiary/aromatic N) is 5. The summed E-state index contributed by atoms with van der Waals surface area (Å²) in [6, 6.07) is 13.1. The number of hydrogen-bond donors (Lipinski definition) is 3. The van der Waals surface area contributed by atoms with Crippen LogP contribution in [0.5, 0.6) is 0 Å². The predicted octanol–water partition coefficient (Wildman–Crippen LogP) is 2.92. The van der Waals surface area contributed by atoms with Crippen molar-refractivity contribution < 1.29 is 4.79 Å². The van der Waals surface area contributed by atoms with E-state index in [1.165, 1.54) is 0 Å². The summed E-state index contributed by atoms with van der Waals surface area (Å²) in [5.41, 5.74) is 2.20. The molecule has 0 spiro atoms. The predicted molar refractivity (Wildman–Crippen MR) is 117 cm³/mol. The third-order valence-electron chi connectivity index (χ3n) is 4.22. The highest BCUT2D eigenvalue weighted by atomic mass is 32.1. The number of aryl methyl sites for hydroxylation is 1. The average molecular weight is 421 g/mol. The van der Waals surface area contributed by atoms with Crippen molar-refractivity contribution >= 4 is 34.6 Å². The Kier molecular flexibility index (Phi) is 5.95. The maximum atomic E-state index is 12.4. The molecule has 10 heteroatoms. The van der Waals surface area contributed by atoms with Gasteiger partial charge in [-0.25, -0.2) is 0 Å². The summed E-state index contributed by atoms with van der Waals surface area (Å²) >= 11 is 1.59. The van der Waals surface area contributed by atoms with E-state index in [1.807, 2.05) is 41.8 Å². The maximum Gasteiger partial charge on any atom is 0.269 e. The lowest BCUT2D eigenvalue weighted by molar-refractivity contribution is 0.0946. The summed E-state index contributed by atoms with van der Waals surface area (Å²) < 4.78 is 1.60. The fourth-order valence-electron chi connectivity index (χ4n) is 2.76. The molecule has 9 nitrogen and oxygen atoms in total. The minimum Gasteiger partial charge on any atom is -0.367 e. The van der Waals surface area contributed by atoms with Gasteiger partial charge in [-0.3, -0.25) is 14.5 Å². The Balaban J connectivity index is 1.24. The molecule has 0 saturated carbocycles. The number of hydrogen-bond acceptors (Lipinski definition) is 8.